The standard InChI is InChI=1S/C17H32N2O/c1-12(2)18-17-19(13(3)4)15-10-8-6-7-9-14(5)11-16(15)20-17/h12-16H,6-11H2,1-5H3/b18-17+. The second-order valence-electron chi connectivity index (χ2n) is 7.21. The van der Waals surface area contributed by atoms with Crippen LogP contribution in [0.15, 0.2) is 4.99 Å². The summed E-state index contributed by atoms with van der Waals surface area (Å²) in [6.07, 6.45) is 8.23. The molecule has 0 aromatic rings. The van der Waals surface area contributed by atoms with E-state index in [1.807, 2.05) is 0 Å². The highest BCUT2D eigenvalue weighted by Crippen LogP contribution is 2.33. The zero-order chi connectivity index (χ0) is 14.7. The molecule has 0 aromatic heterocycles. The Kier molecular flexibility index (Phi) is 5.34. The molecule has 1 heterocycles. The zero-order valence-electron chi connectivity index (χ0n) is 13.9. The number of fused-ring (bicyclic) bond motifs is 1. The molecule has 0 amide bonds. The quantitative estimate of drug-likeness (QED) is 0.756. The van der Waals surface area contributed by atoms with Crippen LogP contribution in [0.25, 0.3) is 0 Å². The molecule has 0 spiro atoms. The van der Waals surface area contributed by atoms with Gasteiger partial charge in [0.15, 0.2) is 0 Å². The summed E-state index contributed by atoms with van der Waals surface area (Å²) in [6, 6.07) is 2.21. The lowest BCUT2D eigenvalue weighted by atomic mass is 9.95. The molecule has 1 aliphatic heterocycles. The molecule has 3 atom stereocenters. The van der Waals surface area contributed by atoms with Crippen LogP contribution in [0, 0.1) is 5.92 Å². The first-order valence-electron chi connectivity index (χ1n) is 8.51. The molecule has 3 unspecified atom stereocenters. The molecule has 0 radical (unpaired) electrons. The molecule has 2 rings (SSSR count). The van der Waals surface area contributed by atoms with Crippen LogP contribution in [-0.4, -0.2) is 35.2 Å². The van der Waals surface area contributed by atoms with Crippen molar-refractivity contribution in [2.24, 2.45) is 10.9 Å². The number of rotatable bonds is 2. The Morgan fingerprint density at radius 1 is 1.10 bits per heavy atom. The average molecular weight is 280 g/mol. The van der Waals surface area contributed by atoms with Crippen LogP contribution in [0.4, 0.5) is 0 Å². The van der Waals surface area contributed by atoms with E-state index in [0.29, 0.717) is 24.2 Å². The predicted octanol–water partition coefficient (Wildman–Crippen LogP) is 4.22. The van der Waals surface area contributed by atoms with Crippen LogP contribution in [-0.2, 0) is 4.74 Å². The Morgan fingerprint density at radius 3 is 2.45 bits per heavy atom. The summed E-state index contributed by atoms with van der Waals surface area (Å²) in [6.45, 7) is 11.2. The Labute approximate surface area is 124 Å². The molecule has 2 fully saturated rings. The summed E-state index contributed by atoms with van der Waals surface area (Å²) < 4.78 is 6.29. The van der Waals surface area contributed by atoms with E-state index in [2.05, 4.69) is 39.5 Å². The first-order valence-corrected chi connectivity index (χ1v) is 8.51. The minimum atomic E-state index is 0.302. The minimum absolute atomic E-state index is 0.302. The van der Waals surface area contributed by atoms with Crippen molar-refractivity contribution in [2.45, 2.75) is 97.4 Å². The minimum Gasteiger partial charge on any atom is -0.460 e. The van der Waals surface area contributed by atoms with Gasteiger partial charge >= 0.3 is 0 Å². The van der Waals surface area contributed by atoms with Gasteiger partial charge in [0.25, 0.3) is 6.02 Å². The highest BCUT2D eigenvalue weighted by molar-refractivity contribution is 5.77. The van der Waals surface area contributed by atoms with E-state index >= 15 is 0 Å². The number of ether oxygens (including phenoxy) is 1. The largest absolute Gasteiger partial charge is 0.460 e. The maximum atomic E-state index is 6.29. The molecule has 3 nitrogen and oxygen atoms in total. The molecule has 2 aliphatic rings. The van der Waals surface area contributed by atoms with E-state index in [-0.39, 0.29) is 0 Å². The SMILES string of the molecule is CC1CCCCCC2C(C1)O/C(=N/C(C)C)N2C(C)C. The van der Waals surface area contributed by atoms with Crippen molar-refractivity contribution < 1.29 is 4.74 Å². The Morgan fingerprint density at radius 2 is 1.80 bits per heavy atom. The first-order chi connectivity index (χ1) is 9.49. The monoisotopic (exact) mass is 280 g/mol. The van der Waals surface area contributed by atoms with Gasteiger partial charge in [0, 0.05) is 12.1 Å². The highest BCUT2D eigenvalue weighted by Gasteiger charge is 2.41. The van der Waals surface area contributed by atoms with Gasteiger partial charge in [0.1, 0.15) is 6.10 Å². The molecule has 3 heteroatoms. The van der Waals surface area contributed by atoms with Gasteiger partial charge in [0.05, 0.1) is 6.04 Å². The number of hydrogen-bond acceptors (Lipinski definition) is 2. The zero-order valence-corrected chi connectivity index (χ0v) is 13.9. The Hall–Kier alpha value is -0.730. The molecule has 1 aliphatic carbocycles. The molecule has 0 N–H and O–H groups in total. The number of nitrogens with zero attached hydrogens (tertiary/aromatic N) is 2. The van der Waals surface area contributed by atoms with Crippen molar-refractivity contribution in [1.29, 1.82) is 0 Å². The van der Waals surface area contributed by atoms with Crippen molar-refractivity contribution in [1.82, 2.24) is 4.90 Å². The molecule has 0 aromatic carbocycles. The normalized spacial score (nSPS) is 33.9. The van der Waals surface area contributed by atoms with Gasteiger partial charge in [-0.1, -0.05) is 32.6 Å². The third kappa shape index (κ3) is 3.67. The van der Waals surface area contributed by atoms with Crippen LogP contribution in [0.2, 0.25) is 0 Å². The third-order valence-corrected chi connectivity index (χ3v) is 4.52. The summed E-state index contributed by atoms with van der Waals surface area (Å²) in [5, 5.41) is 0. The molecule has 116 valence electrons. The maximum Gasteiger partial charge on any atom is 0.288 e. The lowest BCUT2D eigenvalue weighted by molar-refractivity contribution is 0.146. The Bertz CT molecular complexity index is 338. The van der Waals surface area contributed by atoms with Crippen LogP contribution in [0.5, 0.6) is 0 Å². The van der Waals surface area contributed by atoms with Gasteiger partial charge in [-0.25, -0.2) is 4.99 Å². The molecule has 1 saturated heterocycles. The summed E-state index contributed by atoms with van der Waals surface area (Å²) in [5.74, 6) is 0.771. The fourth-order valence-corrected chi connectivity index (χ4v) is 3.59. The third-order valence-electron chi connectivity index (χ3n) is 4.52. The molecular formula is C17H32N2O. The summed E-state index contributed by atoms with van der Waals surface area (Å²) >= 11 is 0. The molecular weight excluding hydrogens is 248 g/mol. The van der Waals surface area contributed by atoms with E-state index in [1.54, 1.807) is 0 Å². The van der Waals surface area contributed by atoms with Crippen molar-refractivity contribution in [2.75, 3.05) is 0 Å². The van der Waals surface area contributed by atoms with E-state index < -0.39 is 0 Å². The van der Waals surface area contributed by atoms with Crippen molar-refractivity contribution in [3.63, 3.8) is 0 Å². The van der Waals surface area contributed by atoms with Crippen LogP contribution < -0.4 is 0 Å². The maximum absolute atomic E-state index is 6.29. The molecule has 20 heavy (non-hydrogen) atoms. The van der Waals surface area contributed by atoms with Crippen LogP contribution in [0.3, 0.4) is 0 Å². The van der Waals surface area contributed by atoms with Gasteiger partial charge < -0.3 is 9.64 Å². The molecule has 1 saturated carbocycles. The lowest BCUT2D eigenvalue weighted by Gasteiger charge is -2.29. The average Bonchev–Trinajstić information content (AvgIpc) is 2.67. The topological polar surface area (TPSA) is 24.8 Å². The van der Waals surface area contributed by atoms with Crippen molar-refractivity contribution in [3.05, 3.63) is 0 Å². The number of hydrogen-bond donors (Lipinski definition) is 0. The fourth-order valence-electron chi connectivity index (χ4n) is 3.59. The van der Waals surface area contributed by atoms with E-state index in [4.69, 9.17) is 9.73 Å². The Balaban J connectivity index is 2.21. The van der Waals surface area contributed by atoms with E-state index in [9.17, 15) is 0 Å². The second kappa shape index (κ2) is 6.82. The van der Waals surface area contributed by atoms with Gasteiger partial charge in [0.2, 0.25) is 0 Å². The summed E-state index contributed by atoms with van der Waals surface area (Å²) in [7, 11) is 0. The van der Waals surface area contributed by atoms with Crippen molar-refractivity contribution in [3.8, 4) is 0 Å². The second-order valence-corrected chi connectivity index (χ2v) is 7.21. The smallest absolute Gasteiger partial charge is 0.288 e. The van der Waals surface area contributed by atoms with Gasteiger partial charge in [-0.05, 0) is 46.5 Å². The summed E-state index contributed by atoms with van der Waals surface area (Å²) in [4.78, 5) is 7.18. The fraction of sp³-hybridized carbons (Fsp3) is 0.941. The van der Waals surface area contributed by atoms with Crippen LogP contribution in [0.1, 0.15) is 73.1 Å². The van der Waals surface area contributed by atoms with E-state index in [0.717, 1.165) is 11.9 Å². The number of aliphatic imine (C=N–C) groups is 1. The van der Waals surface area contributed by atoms with Crippen LogP contribution >= 0.6 is 0 Å². The summed E-state index contributed by atoms with van der Waals surface area (Å²) in [5.41, 5.74) is 0. The lowest BCUT2D eigenvalue weighted by Crippen LogP contribution is -2.42. The van der Waals surface area contributed by atoms with Crippen molar-refractivity contribution >= 4 is 6.02 Å². The highest BCUT2D eigenvalue weighted by atomic mass is 16.5. The van der Waals surface area contributed by atoms with Gasteiger partial charge in [-0.3, -0.25) is 0 Å². The molecule has 0 bridgehead atoms. The first kappa shape index (κ1) is 15.7. The number of amidine groups is 1. The predicted molar refractivity (Wildman–Crippen MR) is 85.1 cm³/mol. The van der Waals surface area contributed by atoms with Gasteiger partial charge in [-0.2, -0.15) is 0 Å². The van der Waals surface area contributed by atoms with E-state index in [1.165, 1.54) is 38.5 Å². The van der Waals surface area contributed by atoms with Gasteiger partial charge in [-0.15, -0.1) is 0 Å².